The molecule has 0 unspecified atom stereocenters. The summed E-state index contributed by atoms with van der Waals surface area (Å²) in [7, 11) is 1.74. The Kier molecular flexibility index (Phi) is 4.56. The van der Waals surface area contributed by atoms with Crippen molar-refractivity contribution >= 4 is 0 Å². The van der Waals surface area contributed by atoms with Gasteiger partial charge in [-0.2, -0.15) is 0 Å². The lowest BCUT2D eigenvalue weighted by Gasteiger charge is -2.19. The minimum Gasteiger partial charge on any atom is -0.497 e. The summed E-state index contributed by atoms with van der Waals surface area (Å²) >= 11 is 0. The van der Waals surface area contributed by atoms with Crippen molar-refractivity contribution in [2.75, 3.05) is 26.7 Å². The molecule has 0 saturated heterocycles. The Hall–Kier alpha value is -1.80. The lowest BCUT2D eigenvalue weighted by Crippen LogP contribution is -2.28. The zero-order valence-electron chi connectivity index (χ0n) is 12.7. The van der Waals surface area contributed by atoms with E-state index in [-0.39, 0.29) is 0 Å². The predicted molar refractivity (Wildman–Crippen MR) is 87.0 cm³/mol. The van der Waals surface area contributed by atoms with Gasteiger partial charge in [0.25, 0.3) is 0 Å². The Morgan fingerprint density at radius 2 is 1.71 bits per heavy atom. The molecule has 0 atom stereocenters. The molecule has 110 valence electrons. The summed E-state index contributed by atoms with van der Waals surface area (Å²) in [5.74, 6) is 0.978. The fraction of sp³-hybridized carbons (Fsp3) is 0.368. The summed E-state index contributed by atoms with van der Waals surface area (Å²) in [5.41, 5.74) is 4.37. The van der Waals surface area contributed by atoms with Crippen LogP contribution in [-0.4, -0.2) is 31.6 Å². The van der Waals surface area contributed by atoms with Crippen molar-refractivity contribution in [3.8, 4) is 5.75 Å². The topological polar surface area (TPSA) is 12.5 Å². The maximum absolute atomic E-state index is 5.34. The van der Waals surface area contributed by atoms with Crippen molar-refractivity contribution in [1.82, 2.24) is 4.90 Å². The Labute approximate surface area is 127 Å². The first-order valence-electron chi connectivity index (χ1n) is 7.77. The molecule has 0 aliphatic carbocycles. The minimum atomic E-state index is 0.978. The summed E-state index contributed by atoms with van der Waals surface area (Å²) in [5, 5.41) is 0. The molecular formula is C19H23NO. The number of hydrogen-bond acceptors (Lipinski definition) is 2. The third-order valence-corrected chi connectivity index (χ3v) is 4.37. The van der Waals surface area contributed by atoms with Gasteiger partial charge >= 0.3 is 0 Å². The Bertz CT molecular complexity index is 579. The Balaban J connectivity index is 1.59. The minimum absolute atomic E-state index is 0.978. The average Bonchev–Trinajstić information content (AvgIpc) is 2.75. The summed E-state index contributed by atoms with van der Waals surface area (Å²) < 4.78 is 5.34. The molecule has 0 amide bonds. The molecule has 0 radical (unpaired) electrons. The summed E-state index contributed by atoms with van der Waals surface area (Å²) in [4.78, 5) is 2.58. The van der Waals surface area contributed by atoms with Crippen LogP contribution < -0.4 is 4.74 Å². The Morgan fingerprint density at radius 1 is 0.952 bits per heavy atom. The summed E-state index contributed by atoms with van der Waals surface area (Å²) in [6.07, 6.45) is 3.41. The first-order chi connectivity index (χ1) is 10.3. The molecule has 1 aliphatic rings. The van der Waals surface area contributed by atoms with Crippen LogP contribution in [0.5, 0.6) is 5.75 Å². The van der Waals surface area contributed by atoms with Crippen LogP contribution >= 0.6 is 0 Å². The zero-order chi connectivity index (χ0) is 14.5. The molecule has 21 heavy (non-hydrogen) atoms. The summed E-state index contributed by atoms with van der Waals surface area (Å²) in [6.45, 7) is 3.45. The zero-order valence-corrected chi connectivity index (χ0v) is 12.7. The molecule has 1 aliphatic heterocycles. The number of nitrogens with zero attached hydrogens (tertiary/aromatic N) is 1. The number of ether oxygens (including phenoxy) is 1. The van der Waals surface area contributed by atoms with E-state index in [4.69, 9.17) is 4.74 Å². The lowest BCUT2D eigenvalue weighted by molar-refractivity contribution is 0.291. The van der Waals surface area contributed by atoms with Crippen LogP contribution in [0, 0.1) is 0 Å². The standard InChI is InChI=1S/C19H23NO/c1-21-19-8-7-17-10-13-20(14-11-18(17)15-19)12-9-16-5-3-2-4-6-16/h2-8,15H,9-14H2,1H3. The van der Waals surface area contributed by atoms with Crippen LogP contribution in [0.25, 0.3) is 0 Å². The van der Waals surface area contributed by atoms with Crippen molar-refractivity contribution in [2.45, 2.75) is 19.3 Å². The van der Waals surface area contributed by atoms with E-state index in [0.29, 0.717) is 0 Å². The SMILES string of the molecule is COc1ccc2c(c1)CCN(CCc1ccccc1)CC2. The molecule has 0 spiro atoms. The van der Waals surface area contributed by atoms with Crippen molar-refractivity contribution in [3.63, 3.8) is 0 Å². The lowest BCUT2D eigenvalue weighted by atomic mass is 10.0. The number of hydrogen-bond donors (Lipinski definition) is 0. The molecule has 0 fully saturated rings. The van der Waals surface area contributed by atoms with Crippen LogP contribution in [0.3, 0.4) is 0 Å². The van der Waals surface area contributed by atoms with Gasteiger partial charge in [-0.15, -0.1) is 0 Å². The van der Waals surface area contributed by atoms with E-state index >= 15 is 0 Å². The van der Waals surface area contributed by atoms with Gasteiger partial charge in [0.15, 0.2) is 0 Å². The van der Waals surface area contributed by atoms with E-state index in [1.165, 1.54) is 16.7 Å². The Morgan fingerprint density at radius 3 is 2.48 bits per heavy atom. The van der Waals surface area contributed by atoms with Crippen molar-refractivity contribution in [2.24, 2.45) is 0 Å². The predicted octanol–water partition coefficient (Wildman–Crippen LogP) is 3.34. The van der Waals surface area contributed by atoms with Gasteiger partial charge in [0, 0.05) is 19.6 Å². The second-order valence-electron chi connectivity index (χ2n) is 5.71. The fourth-order valence-electron chi connectivity index (χ4n) is 3.03. The van der Waals surface area contributed by atoms with Crippen LogP contribution in [-0.2, 0) is 19.3 Å². The molecule has 0 bridgehead atoms. The highest BCUT2D eigenvalue weighted by molar-refractivity contribution is 5.36. The highest BCUT2D eigenvalue weighted by Crippen LogP contribution is 2.21. The molecule has 2 aromatic rings. The van der Waals surface area contributed by atoms with Crippen LogP contribution in [0.2, 0.25) is 0 Å². The van der Waals surface area contributed by atoms with E-state index in [2.05, 4.69) is 53.4 Å². The first-order valence-corrected chi connectivity index (χ1v) is 7.77. The number of fused-ring (bicyclic) bond motifs is 1. The quantitative estimate of drug-likeness (QED) is 0.852. The summed E-state index contributed by atoms with van der Waals surface area (Å²) in [6, 6.07) is 17.3. The molecule has 0 saturated carbocycles. The molecule has 0 N–H and O–H groups in total. The molecule has 2 heteroatoms. The van der Waals surface area contributed by atoms with Crippen LogP contribution in [0.1, 0.15) is 16.7 Å². The normalized spacial score (nSPS) is 15.3. The van der Waals surface area contributed by atoms with Gasteiger partial charge in [0.05, 0.1) is 7.11 Å². The van der Waals surface area contributed by atoms with Crippen LogP contribution in [0.15, 0.2) is 48.5 Å². The second kappa shape index (κ2) is 6.77. The second-order valence-corrected chi connectivity index (χ2v) is 5.71. The van der Waals surface area contributed by atoms with Crippen molar-refractivity contribution in [3.05, 3.63) is 65.2 Å². The maximum atomic E-state index is 5.34. The molecule has 0 aromatic heterocycles. The third-order valence-electron chi connectivity index (χ3n) is 4.37. The monoisotopic (exact) mass is 281 g/mol. The van der Waals surface area contributed by atoms with E-state index < -0.39 is 0 Å². The van der Waals surface area contributed by atoms with E-state index in [1.807, 2.05) is 0 Å². The van der Waals surface area contributed by atoms with Crippen LogP contribution in [0.4, 0.5) is 0 Å². The van der Waals surface area contributed by atoms with Gasteiger partial charge in [-0.25, -0.2) is 0 Å². The molecule has 2 nitrogen and oxygen atoms in total. The molecular weight excluding hydrogens is 258 g/mol. The number of methoxy groups -OCH3 is 1. The largest absolute Gasteiger partial charge is 0.497 e. The van der Waals surface area contributed by atoms with Gasteiger partial charge in [-0.05, 0) is 48.1 Å². The molecule has 2 aromatic carbocycles. The molecule has 3 rings (SSSR count). The number of benzene rings is 2. The maximum Gasteiger partial charge on any atom is 0.119 e. The van der Waals surface area contributed by atoms with Crippen molar-refractivity contribution < 1.29 is 4.74 Å². The average molecular weight is 281 g/mol. The van der Waals surface area contributed by atoms with Gasteiger partial charge < -0.3 is 9.64 Å². The fourth-order valence-corrected chi connectivity index (χ4v) is 3.03. The van der Waals surface area contributed by atoms with Crippen molar-refractivity contribution in [1.29, 1.82) is 0 Å². The third kappa shape index (κ3) is 3.64. The van der Waals surface area contributed by atoms with E-state index in [9.17, 15) is 0 Å². The van der Waals surface area contributed by atoms with Gasteiger partial charge in [0.1, 0.15) is 5.75 Å². The van der Waals surface area contributed by atoms with Gasteiger partial charge in [-0.3, -0.25) is 0 Å². The van der Waals surface area contributed by atoms with Gasteiger partial charge in [-0.1, -0.05) is 36.4 Å². The highest BCUT2D eigenvalue weighted by atomic mass is 16.5. The first kappa shape index (κ1) is 14.2. The van der Waals surface area contributed by atoms with E-state index in [0.717, 1.165) is 44.6 Å². The number of rotatable bonds is 4. The van der Waals surface area contributed by atoms with E-state index in [1.54, 1.807) is 7.11 Å². The smallest absolute Gasteiger partial charge is 0.119 e. The highest BCUT2D eigenvalue weighted by Gasteiger charge is 2.14. The van der Waals surface area contributed by atoms with Gasteiger partial charge in [0.2, 0.25) is 0 Å². The molecule has 1 heterocycles.